The normalized spacial score (nSPS) is 9.92. The Labute approximate surface area is 90.6 Å². The molecule has 0 atom stereocenters. The van der Waals surface area contributed by atoms with Crippen molar-refractivity contribution in [3.05, 3.63) is 23.2 Å². The molecule has 5 heteroatoms. The second-order valence-corrected chi connectivity index (χ2v) is 3.78. The first-order chi connectivity index (χ1) is 5.79. The van der Waals surface area contributed by atoms with Gasteiger partial charge in [0.1, 0.15) is 10.8 Å². The Kier molecular flexibility index (Phi) is 3.36. The Morgan fingerprint density at radius 2 is 2.23 bits per heavy atom. The molecule has 0 unspecified atom stereocenters. The molecule has 13 heavy (non-hydrogen) atoms. The third kappa shape index (κ3) is 2.05. The number of alkyl halides is 1. The summed E-state index contributed by atoms with van der Waals surface area (Å²) in [5.41, 5.74) is 0.897. The molecular formula is C8H7Cl2NOS. The van der Waals surface area contributed by atoms with Crippen LogP contribution in [0.15, 0.2) is 18.2 Å². The molecule has 0 bridgehead atoms. The number of benzene rings is 1. The molecule has 0 aliphatic carbocycles. The van der Waals surface area contributed by atoms with Gasteiger partial charge in [0.15, 0.2) is 0 Å². The molecule has 1 aromatic carbocycles. The van der Waals surface area contributed by atoms with Crippen LogP contribution in [0, 0.1) is 0 Å². The van der Waals surface area contributed by atoms with Crippen molar-refractivity contribution in [1.82, 2.24) is 4.98 Å². The van der Waals surface area contributed by atoms with Gasteiger partial charge in [-0.1, -0.05) is 0 Å². The van der Waals surface area contributed by atoms with Crippen molar-refractivity contribution < 1.29 is 5.11 Å². The van der Waals surface area contributed by atoms with E-state index in [-0.39, 0.29) is 18.2 Å². The predicted octanol–water partition coefficient (Wildman–Crippen LogP) is 3.16. The van der Waals surface area contributed by atoms with Gasteiger partial charge < -0.3 is 5.11 Å². The zero-order valence-corrected chi connectivity index (χ0v) is 8.92. The number of rotatable bonds is 1. The van der Waals surface area contributed by atoms with E-state index >= 15 is 0 Å². The van der Waals surface area contributed by atoms with Gasteiger partial charge in [-0.15, -0.1) is 35.3 Å². The number of thiazole rings is 1. The smallest absolute Gasteiger partial charge is 0.117 e. The highest BCUT2D eigenvalue weighted by Gasteiger charge is 2.02. The number of nitrogens with zero attached hydrogens (tertiary/aromatic N) is 1. The lowest BCUT2D eigenvalue weighted by molar-refractivity contribution is 0.476. The van der Waals surface area contributed by atoms with Gasteiger partial charge in [-0.05, 0) is 18.2 Å². The van der Waals surface area contributed by atoms with E-state index in [2.05, 4.69) is 4.98 Å². The van der Waals surface area contributed by atoms with Gasteiger partial charge in [0.25, 0.3) is 0 Å². The number of phenolic OH excluding ortho intramolecular Hbond substituents is 1. The Morgan fingerprint density at radius 3 is 2.92 bits per heavy atom. The zero-order valence-electron chi connectivity index (χ0n) is 6.53. The number of fused-ring (bicyclic) bond motifs is 1. The van der Waals surface area contributed by atoms with Crippen LogP contribution in [-0.2, 0) is 5.88 Å². The second kappa shape index (κ2) is 4.13. The number of phenols is 1. The molecule has 1 heterocycles. The van der Waals surface area contributed by atoms with Crippen molar-refractivity contribution in [1.29, 1.82) is 0 Å². The van der Waals surface area contributed by atoms with Crippen LogP contribution in [0.5, 0.6) is 5.75 Å². The summed E-state index contributed by atoms with van der Waals surface area (Å²) in [7, 11) is 0. The van der Waals surface area contributed by atoms with Gasteiger partial charge in [-0.25, -0.2) is 4.98 Å². The van der Waals surface area contributed by atoms with Gasteiger partial charge >= 0.3 is 0 Å². The molecule has 0 spiro atoms. The number of hydrogen-bond donors (Lipinski definition) is 1. The summed E-state index contributed by atoms with van der Waals surface area (Å²) in [5, 5.41) is 10.0. The van der Waals surface area contributed by atoms with E-state index in [1.165, 1.54) is 11.3 Å². The topological polar surface area (TPSA) is 33.1 Å². The highest BCUT2D eigenvalue weighted by atomic mass is 35.5. The van der Waals surface area contributed by atoms with E-state index < -0.39 is 0 Å². The number of aromatic hydroxyl groups is 1. The fourth-order valence-corrected chi connectivity index (χ4v) is 2.09. The molecule has 1 N–H and O–H groups in total. The van der Waals surface area contributed by atoms with Gasteiger partial charge in [-0.2, -0.15) is 0 Å². The Bertz CT molecular complexity index is 415. The summed E-state index contributed by atoms with van der Waals surface area (Å²) in [6.07, 6.45) is 0. The molecule has 2 aromatic rings. The molecule has 70 valence electrons. The van der Waals surface area contributed by atoms with Crippen molar-refractivity contribution in [2.75, 3.05) is 0 Å². The Hall–Kier alpha value is -0.510. The fourth-order valence-electron chi connectivity index (χ4n) is 1.02. The van der Waals surface area contributed by atoms with Crippen LogP contribution >= 0.6 is 35.3 Å². The summed E-state index contributed by atoms with van der Waals surface area (Å²) in [6.45, 7) is 0. The summed E-state index contributed by atoms with van der Waals surface area (Å²) in [6, 6.07) is 5.11. The molecule has 0 fully saturated rings. The largest absolute Gasteiger partial charge is 0.508 e. The van der Waals surface area contributed by atoms with Crippen molar-refractivity contribution >= 4 is 45.6 Å². The highest BCUT2D eigenvalue weighted by molar-refractivity contribution is 7.18. The molecule has 2 rings (SSSR count). The first kappa shape index (κ1) is 10.6. The third-order valence-electron chi connectivity index (χ3n) is 1.53. The molecular weight excluding hydrogens is 229 g/mol. The van der Waals surface area contributed by atoms with Crippen molar-refractivity contribution in [2.45, 2.75) is 5.88 Å². The van der Waals surface area contributed by atoms with E-state index in [1.54, 1.807) is 18.2 Å². The lowest BCUT2D eigenvalue weighted by Gasteiger charge is -1.87. The number of aromatic nitrogens is 1. The quantitative estimate of drug-likeness (QED) is 0.771. The molecule has 2 nitrogen and oxygen atoms in total. The maximum Gasteiger partial charge on any atom is 0.117 e. The summed E-state index contributed by atoms with van der Waals surface area (Å²) < 4.78 is 0.977. The van der Waals surface area contributed by atoms with E-state index in [4.69, 9.17) is 16.7 Å². The average Bonchev–Trinajstić information content (AvgIpc) is 2.46. The maximum atomic E-state index is 9.16. The number of halogens is 2. The van der Waals surface area contributed by atoms with Gasteiger partial charge in [0.05, 0.1) is 16.1 Å². The molecule has 0 aliphatic rings. The van der Waals surface area contributed by atoms with Gasteiger partial charge in [-0.3, -0.25) is 0 Å². The van der Waals surface area contributed by atoms with Crippen LogP contribution in [-0.4, -0.2) is 10.1 Å². The molecule has 0 saturated heterocycles. The lowest BCUT2D eigenvalue weighted by atomic mass is 10.3. The van der Waals surface area contributed by atoms with Gasteiger partial charge in [0.2, 0.25) is 0 Å². The number of hydrogen-bond acceptors (Lipinski definition) is 3. The maximum absolute atomic E-state index is 9.16. The van der Waals surface area contributed by atoms with Crippen LogP contribution in [0.2, 0.25) is 0 Å². The average molecular weight is 236 g/mol. The first-order valence-electron chi connectivity index (χ1n) is 3.44. The Balaban J connectivity index is 0.000000845. The minimum atomic E-state index is 0. The van der Waals surface area contributed by atoms with E-state index in [1.807, 2.05) is 0 Å². The fraction of sp³-hybridized carbons (Fsp3) is 0.125. The second-order valence-electron chi connectivity index (χ2n) is 2.39. The lowest BCUT2D eigenvalue weighted by Crippen LogP contribution is -1.71. The van der Waals surface area contributed by atoms with E-state index in [0.717, 1.165) is 15.2 Å². The van der Waals surface area contributed by atoms with Crippen LogP contribution < -0.4 is 0 Å². The molecule has 0 aliphatic heterocycles. The minimum absolute atomic E-state index is 0. The minimum Gasteiger partial charge on any atom is -0.508 e. The summed E-state index contributed by atoms with van der Waals surface area (Å²) in [5.74, 6) is 0.701. The van der Waals surface area contributed by atoms with E-state index in [0.29, 0.717) is 5.88 Å². The highest BCUT2D eigenvalue weighted by Crippen LogP contribution is 2.26. The molecule has 0 saturated carbocycles. The molecule has 0 radical (unpaired) electrons. The molecule has 1 aromatic heterocycles. The summed E-state index contributed by atoms with van der Waals surface area (Å²) in [4.78, 5) is 4.25. The zero-order chi connectivity index (χ0) is 8.55. The summed E-state index contributed by atoms with van der Waals surface area (Å²) >= 11 is 7.13. The standard InChI is InChI=1S/C8H6ClNOS.ClH/c9-4-8-10-6-2-1-5(11)3-7(6)12-8;/h1-3,11H,4H2;1H. The van der Waals surface area contributed by atoms with Crippen LogP contribution in [0.1, 0.15) is 5.01 Å². The monoisotopic (exact) mass is 235 g/mol. The van der Waals surface area contributed by atoms with Crippen LogP contribution in [0.3, 0.4) is 0 Å². The van der Waals surface area contributed by atoms with Crippen molar-refractivity contribution in [3.8, 4) is 5.75 Å². The van der Waals surface area contributed by atoms with E-state index in [9.17, 15) is 0 Å². The van der Waals surface area contributed by atoms with Crippen molar-refractivity contribution in [2.24, 2.45) is 0 Å². The Morgan fingerprint density at radius 1 is 1.46 bits per heavy atom. The third-order valence-corrected chi connectivity index (χ3v) is 2.96. The molecule has 0 amide bonds. The van der Waals surface area contributed by atoms with Crippen LogP contribution in [0.25, 0.3) is 10.2 Å². The first-order valence-corrected chi connectivity index (χ1v) is 4.79. The predicted molar refractivity (Wildman–Crippen MR) is 58.1 cm³/mol. The van der Waals surface area contributed by atoms with Gasteiger partial charge in [0, 0.05) is 0 Å². The SMILES string of the molecule is Cl.Oc1ccc2nc(CCl)sc2c1. The van der Waals surface area contributed by atoms with Crippen LogP contribution in [0.4, 0.5) is 0 Å². The van der Waals surface area contributed by atoms with Crippen molar-refractivity contribution in [3.63, 3.8) is 0 Å².